The molecule has 228 valence electrons. The molecule has 9 rings (SSSR count). The maximum atomic E-state index is 6.60. The molecular weight excluding hydrogens is 583 g/mol. The number of fused-ring (bicyclic) bond motifs is 6. The molecule has 0 saturated carbocycles. The van der Waals surface area contributed by atoms with Crippen LogP contribution in [0.1, 0.15) is 30.0 Å². The lowest BCUT2D eigenvalue weighted by Gasteiger charge is -2.17. The van der Waals surface area contributed by atoms with Crippen molar-refractivity contribution in [2.45, 2.75) is 13.3 Å². The van der Waals surface area contributed by atoms with Crippen molar-refractivity contribution in [3.05, 3.63) is 181 Å². The van der Waals surface area contributed by atoms with E-state index in [9.17, 15) is 0 Å². The maximum absolute atomic E-state index is 6.60. The van der Waals surface area contributed by atoms with Gasteiger partial charge in [0, 0.05) is 33.2 Å². The summed E-state index contributed by atoms with van der Waals surface area (Å²) in [7, 11) is 0. The lowest BCUT2D eigenvalue weighted by atomic mass is 9.87. The van der Waals surface area contributed by atoms with E-state index < -0.39 is 0 Å². The number of aliphatic imine (C=N–C) groups is 1. The number of allylic oxidation sites excluding steroid dienone is 3. The Morgan fingerprint density at radius 3 is 2.00 bits per heavy atom. The fraction of sp³-hybridized carbons (Fsp3) is 0.0652. The minimum absolute atomic E-state index is 0.160. The van der Waals surface area contributed by atoms with Crippen LogP contribution in [-0.4, -0.2) is 5.71 Å². The highest BCUT2D eigenvalue weighted by atomic mass is 16.3. The van der Waals surface area contributed by atoms with Crippen LogP contribution in [0, 0.1) is 5.92 Å². The lowest BCUT2D eigenvalue weighted by molar-refractivity contribution is 0.672. The smallest absolute Gasteiger partial charge is 0.143 e. The van der Waals surface area contributed by atoms with Crippen LogP contribution in [0.25, 0.3) is 65.9 Å². The fourth-order valence-corrected chi connectivity index (χ4v) is 7.36. The average Bonchev–Trinajstić information content (AvgIpc) is 3.44. The summed E-state index contributed by atoms with van der Waals surface area (Å²) in [5.74, 6) is 0.160. The summed E-state index contributed by atoms with van der Waals surface area (Å²) in [5, 5.41) is 6.92. The van der Waals surface area contributed by atoms with E-state index in [-0.39, 0.29) is 5.92 Å². The molecule has 1 atom stereocenters. The minimum Gasteiger partial charge on any atom is -0.455 e. The van der Waals surface area contributed by atoms with Crippen molar-refractivity contribution in [1.29, 1.82) is 0 Å². The zero-order valence-electron chi connectivity index (χ0n) is 26.7. The third-order valence-electron chi connectivity index (χ3n) is 9.79. The van der Waals surface area contributed by atoms with Gasteiger partial charge in [-0.25, -0.2) is 4.99 Å². The Bertz CT molecular complexity index is 2580. The van der Waals surface area contributed by atoms with Crippen LogP contribution >= 0.6 is 0 Å². The van der Waals surface area contributed by atoms with E-state index in [0.29, 0.717) is 0 Å². The molecule has 1 aliphatic heterocycles. The van der Waals surface area contributed by atoms with Gasteiger partial charge in [-0.1, -0.05) is 153 Å². The summed E-state index contributed by atoms with van der Waals surface area (Å²) in [5.41, 5.74) is 10.9. The van der Waals surface area contributed by atoms with Crippen molar-refractivity contribution < 1.29 is 4.42 Å². The Morgan fingerprint density at radius 2 is 1.19 bits per heavy atom. The first-order chi connectivity index (χ1) is 23.7. The van der Waals surface area contributed by atoms with Gasteiger partial charge in [-0.3, -0.25) is 0 Å². The van der Waals surface area contributed by atoms with Crippen molar-refractivity contribution in [2.24, 2.45) is 10.9 Å². The first-order valence-corrected chi connectivity index (χ1v) is 16.7. The predicted molar refractivity (Wildman–Crippen MR) is 203 cm³/mol. The molecule has 0 spiro atoms. The molecule has 2 heterocycles. The van der Waals surface area contributed by atoms with Crippen LogP contribution < -0.4 is 0 Å². The van der Waals surface area contributed by atoms with Gasteiger partial charge in [0.05, 0.1) is 11.4 Å². The zero-order valence-corrected chi connectivity index (χ0v) is 26.7. The SMILES string of the molecule is CCC1C=C(c2cccc3oc4c5ccccc5ccc4c23)N=C(c2cccc3ccccc23)C=C1c1ccc(-c2ccccc2)cc1. The second-order valence-electron chi connectivity index (χ2n) is 12.6. The molecule has 0 fully saturated rings. The van der Waals surface area contributed by atoms with Crippen LogP contribution in [0.3, 0.4) is 0 Å². The molecule has 2 nitrogen and oxygen atoms in total. The van der Waals surface area contributed by atoms with E-state index in [2.05, 4.69) is 171 Å². The number of benzene rings is 7. The Labute approximate surface area is 280 Å². The van der Waals surface area contributed by atoms with Gasteiger partial charge in [-0.15, -0.1) is 0 Å². The Kier molecular flexibility index (Phi) is 6.87. The summed E-state index contributed by atoms with van der Waals surface area (Å²) in [6, 6.07) is 53.9. The first kappa shape index (κ1) is 28.3. The van der Waals surface area contributed by atoms with E-state index in [1.165, 1.54) is 38.4 Å². The van der Waals surface area contributed by atoms with E-state index >= 15 is 0 Å². The van der Waals surface area contributed by atoms with Crippen molar-refractivity contribution in [3.8, 4) is 11.1 Å². The largest absolute Gasteiger partial charge is 0.455 e. The molecule has 0 N–H and O–H groups in total. The first-order valence-electron chi connectivity index (χ1n) is 16.7. The van der Waals surface area contributed by atoms with Gasteiger partial charge in [0.2, 0.25) is 0 Å². The summed E-state index contributed by atoms with van der Waals surface area (Å²) in [4.78, 5) is 5.56. The highest BCUT2D eigenvalue weighted by Gasteiger charge is 2.23. The van der Waals surface area contributed by atoms with Crippen LogP contribution in [0.15, 0.2) is 173 Å². The maximum Gasteiger partial charge on any atom is 0.143 e. The molecule has 0 amide bonds. The molecule has 1 unspecified atom stereocenters. The van der Waals surface area contributed by atoms with Crippen LogP contribution in [0.2, 0.25) is 0 Å². The van der Waals surface area contributed by atoms with E-state index in [1.807, 2.05) is 0 Å². The standard InChI is InChI=1S/C46H33NO/c1-2-30-28-42(39-20-11-21-44-45(39)40-27-26-34-15-7-9-18-37(34)46(40)48-44)47-43(38-19-10-16-33-14-6-8-17-36(33)38)29-41(30)35-24-22-32(23-25-35)31-12-4-3-5-13-31/h3-30H,2H2,1H3. The summed E-state index contributed by atoms with van der Waals surface area (Å²) >= 11 is 0. The molecule has 0 bridgehead atoms. The molecule has 1 aliphatic rings. The molecule has 2 heteroatoms. The second-order valence-corrected chi connectivity index (χ2v) is 12.6. The number of rotatable bonds is 5. The summed E-state index contributed by atoms with van der Waals surface area (Å²) < 4.78 is 6.60. The Hall–Kier alpha value is -5.99. The molecule has 7 aromatic carbocycles. The number of furan rings is 1. The Morgan fingerprint density at radius 1 is 0.542 bits per heavy atom. The number of hydrogen-bond acceptors (Lipinski definition) is 2. The van der Waals surface area contributed by atoms with Crippen LogP contribution in [0.5, 0.6) is 0 Å². The molecule has 0 aliphatic carbocycles. The van der Waals surface area contributed by atoms with Gasteiger partial charge in [-0.2, -0.15) is 0 Å². The second kappa shape index (κ2) is 11.7. The molecular formula is C46H33NO. The summed E-state index contributed by atoms with van der Waals surface area (Å²) in [6.45, 7) is 2.27. The van der Waals surface area contributed by atoms with Crippen molar-refractivity contribution in [1.82, 2.24) is 0 Å². The third kappa shape index (κ3) is 4.77. The predicted octanol–water partition coefficient (Wildman–Crippen LogP) is 12.5. The monoisotopic (exact) mass is 615 g/mol. The third-order valence-corrected chi connectivity index (χ3v) is 9.79. The van der Waals surface area contributed by atoms with Crippen molar-refractivity contribution in [3.63, 3.8) is 0 Å². The number of hydrogen-bond donors (Lipinski definition) is 0. The fourth-order valence-electron chi connectivity index (χ4n) is 7.36. The van der Waals surface area contributed by atoms with E-state index in [1.54, 1.807) is 0 Å². The molecule has 0 saturated heterocycles. The lowest BCUT2D eigenvalue weighted by Crippen LogP contribution is -2.03. The Balaban J connectivity index is 1.27. The zero-order chi connectivity index (χ0) is 32.0. The van der Waals surface area contributed by atoms with Crippen LogP contribution in [-0.2, 0) is 0 Å². The van der Waals surface area contributed by atoms with E-state index in [4.69, 9.17) is 9.41 Å². The van der Waals surface area contributed by atoms with Crippen LogP contribution in [0.4, 0.5) is 0 Å². The highest BCUT2D eigenvalue weighted by molar-refractivity contribution is 6.22. The molecule has 8 aromatic rings. The van der Waals surface area contributed by atoms with Crippen molar-refractivity contribution >= 4 is 60.5 Å². The molecule has 0 radical (unpaired) electrons. The summed E-state index contributed by atoms with van der Waals surface area (Å²) in [6.07, 6.45) is 5.66. The average molecular weight is 616 g/mol. The van der Waals surface area contributed by atoms with Gasteiger partial charge in [0.25, 0.3) is 0 Å². The van der Waals surface area contributed by atoms with E-state index in [0.717, 1.165) is 56.3 Å². The van der Waals surface area contributed by atoms with Gasteiger partial charge in [0.1, 0.15) is 11.2 Å². The molecule has 48 heavy (non-hydrogen) atoms. The number of nitrogens with zero attached hydrogens (tertiary/aromatic N) is 1. The van der Waals surface area contributed by atoms with Gasteiger partial charge >= 0.3 is 0 Å². The molecule has 1 aromatic heterocycles. The van der Waals surface area contributed by atoms with Gasteiger partial charge in [0.15, 0.2) is 0 Å². The quantitative estimate of drug-likeness (QED) is 0.189. The highest BCUT2D eigenvalue weighted by Crippen LogP contribution is 2.41. The van der Waals surface area contributed by atoms with Gasteiger partial charge in [-0.05, 0) is 63.1 Å². The minimum atomic E-state index is 0.160. The van der Waals surface area contributed by atoms with Crippen molar-refractivity contribution in [2.75, 3.05) is 0 Å². The van der Waals surface area contributed by atoms with Gasteiger partial charge < -0.3 is 4.42 Å². The topological polar surface area (TPSA) is 25.5 Å². The normalized spacial score (nSPS) is 15.0.